The third-order valence-electron chi connectivity index (χ3n) is 3.99. The van der Waals surface area contributed by atoms with Gasteiger partial charge in [-0.2, -0.15) is 0 Å². The van der Waals surface area contributed by atoms with E-state index >= 15 is 0 Å². The number of amides is 2. The molecule has 2 rings (SSSR count). The first kappa shape index (κ1) is 19.6. The summed E-state index contributed by atoms with van der Waals surface area (Å²) in [6.07, 6.45) is 0. The average molecular weight is 375 g/mol. The normalized spacial score (nSPS) is 11.1. The molecule has 2 aromatic rings. The molecule has 0 radical (unpaired) electrons. The molecule has 0 aliphatic carbocycles. The Bertz CT molecular complexity index is 955. The standard InChI is InChI=1S/C18H21N3O4S/c1-12-8-9-15(26(19,24)25)10-16(12)18(23)20-17-7-5-4-6-14(17)11-21(3)13(2)22/h4-10H,11H2,1-3H3,(H,20,23)(H2,19,24,25). The number of para-hydroxylation sites is 1. The van der Waals surface area contributed by atoms with Gasteiger partial charge in [-0.3, -0.25) is 9.59 Å². The largest absolute Gasteiger partial charge is 0.342 e. The Balaban J connectivity index is 2.33. The lowest BCUT2D eigenvalue weighted by Gasteiger charge is -2.18. The highest BCUT2D eigenvalue weighted by molar-refractivity contribution is 7.89. The highest BCUT2D eigenvalue weighted by Crippen LogP contribution is 2.20. The monoisotopic (exact) mass is 375 g/mol. The number of carbonyl (C=O) groups is 2. The topological polar surface area (TPSA) is 110 Å². The highest BCUT2D eigenvalue weighted by atomic mass is 32.2. The molecule has 0 unspecified atom stereocenters. The van der Waals surface area contributed by atoms with E-state index in [9.17, 15) is 18.0 Å². The molecule has 0 aliphatic heterocycles. The minimum absolute atomic E-state index is 0.0946. The van der Waals surface area contributed by atoms with Gasteiger partial charge in [0.2, 0.25) is 15.9 Å². The van der Waals surface area contributed by atoms with Crippen molar-refractivity contribution in [1.82, 2.24) is 4.90 Å². The van der Waals surface area contributed by atoms with Crippen LogP contribution in [-0.2, 0) is 21.4 Å². The second-order valence-electron chi connectivity index (χ2n) is 6.01. The lowest BCUT2D eigenvalue weighted by Crippen LogP contribution is -2.24. The number of hydrogen-bond donors (Lipinski definition) is 2. The van der Waals surface area contributed by atoms with E-state index in [1.807, 2.05) is 12.1 Å². The second kappa shape index (κ2) is 7.67. The van der Waals surface area contributed by atoms with Gasteiger partial charge in [0.15, 0.2) is 0 Å². The maximum Gasteiger partial charge on any atom is 0.255 e. The van der Waals surface area contributed by atoms with E-state index in [1.54, 1.807) is 26.1 Å². The molecule has 0 aliphatic rings. The van der Waals surface area contributed by atoms with Crippen molar-refractivity contribution < 1.29 is 18.0 Å². The van der Waals surface area contributed by atoms with E-state index in [2.05, 4.69) is 5.32 Å². The van der Waals surface area contributed by atoms with E-state index in [1.165, 1.54) is 30.0 Å². The number of nitrogens with zero attached hydrogens (tertiary/aromatic N) is 1. The van der Waals surface area contributed by atoms with Crippen LogP contribution in [0.5, 0.6) is 0 Å². The molecule has 2 amide bonds. The number of carbonyl (C=O) groups excluding carboxylic acids is 2. The first-order valence-electron chi connectivity index (χ1n) is 7.84. The van der Waals surface area contributed by atoms with Crippen LogP contribution in [0, 0.1) is 6.92 Å². The van der Waals surface area contributed by atoms with Crippen LogP contribution in [0.25, 0.3) is 0 Å². The smallest absolute Gasteiger partial charge is 0.255 e. The van der Waals surface area contributed by atoms with Crippen LogP contribution in [0.15, 0.2) is 47.4 Å². The van der Waals surface area contributed by atoms with Gasteiger partial charge in [-0.15, -0.1) is 0 Å². The number of hydrogen-bond acceptors (Lipinski definition) is 4. The summed E-state index contributed by atoms with van der Waals surface area (Å²) in [4.78, 5) is 25.5. The van der Waals surface area contributed by atoms with Gasteiger partial charge in [0.25, 0.3) is 5.91 Å². The summed E-state index contributed by atoms with van der Waals surface area (Å²) in [5.74, 6) is -0.547. The predicted octanol–water partition coefficient (Wildman–Crippen LogP) is 1.87. The van der Waals surface area contributed by atoms with Crippen LogP contribution >= 0.6 is 0 Å². The summed E-state index contributed by atoms with van der Waals surface area (Å²) >= 11 is 0. The molecule has 0 heterocycles. The van der Waals surface area contributed by atoms with Crippen molar-refractivity contribution in [1.29, 1.82) is 0 Å². The van der Waals surface area contributed by atoms with Gasteiger partial charge in [-0.05, 0) is 36.2 Å². The Labute approximate surface area is 152 Å². The fourth-order valence-corrected chi connectivity index (χ4v) is 2.90. The Kier molecular flexibility index (Phi) is 5.79. The number of sulfonamides is 1. The number of benzene rings is 2. The third-order valence-corrected chi connectivity index (χ3v) is 4.90. The molecular formula is C18H21N3O4S. The van der Waals surface area contributed by atoms with Gasteiger partial charge in [0.05, 0.1) is 4.90 Å². The minimum atomic E-state index is -3.91. The van der Waals surface area contributed by atoms with Gasteiger partial charge in [0, 0.05) is 31.8 Å². The summed E-state index contributed by atoms with van der Waals surface area (Å²) in [6, 6.07) is 11.3. The van der Waals surface area contributed by atoms with Crippen LogP contribution in [0.2, 0.25) is 0 Å². The summed E-state index contributed by atoms with van der Waals surface area (Å²) in [5.41, 5.74) is 2.14. The van der Waals surface area contributed by atoms with Crippen LogP contribution in [-0.4, -0.2) is 32.2 Å². The van der Waals surface area contributed by atoms with Crippen molar-refractivity contribution in [2.75, 3.05) is 12.4 Å². The van der Waals surface area contributed by atoms with E-state index in [0.29, 0.717) is 17.8 Å². The Morgan fingerprint density at radius 3 is 2.42 bits per heavy atom. The molecule has 3 N–H and O–H groups in total. The number of anilines is 1. The highest BCUT2D eigenvalue weighted by Gasteiger charge is 2.16. The molecule has 2 aromatic carbocycles. The molecule has 0 atom stereocenters. The zero-order valence-corrected chi connectivity index (χ0v) is 15.6. The number of nitrogens with one attached hydrogen (secondary N) is 1. The average Bonchev–Trinajstić information content (AvgIpc) is 2.55. The molecule has 8 heteroatoms. The zero-order valence-electron chi connectivity index (χ0n) is 14.8. The lowest BCUT2D eigenvalue weighted by atomic mass is 10.1. The van der Waals surface area contributed by atoms with Crippen molar-refractivity contribution in [3.63, 3.8) is 0 Å². The van der Waals surface area contributed by atoms with Crippen molar-refractivity contribution in [3.8, 4) is 0 Å². The minimum Gasteiger partial charge on any atom is -0.342 e. The number of primary sulfonamides is 1. The van der Waals surface area contributed by atoms with Gasteiger partial charge in [-0.1, -0.05) is 24.3 Å². The maximum atomic E-state index is 12.7. The molecule has 26 heavy (non-hydrogen) atoms. The molecule has 0 saturated carbocycles. The molecule has 0 bridgehead atoms. The van der Waals surface area contributed by atoms with Crippen molar-refractivity contribution in [2.45, 2.75) is 25.3 Å². The third kappa shape index (κ3) is 4.68. The predicted molar refractivity (Wildman–Crippen MR) is 99.1 cm³/mol. The molecule has 138 valence electrons. The van der Waals surface area contributed by atoms with E-state index in [0.717, 1.165) is 5.56 Å². The van der Waals surface area contributed by atoms with Gasteiger partial charge < -0.3 is 10.2 Å². The maximum absolute atomic E-state index is 12.7. The summed E-state index contributed by atoms with van der Waals surface area (Å²) in [5, 5.41) is 7.92. The van der Waals surface area contributed by atoms with E-state index < -0.39 is 15.9 Å². The number of rotatable bonds is 5. The molecular weight excluding hydrogens is 354 g/mol. The molecule has 0 spiro atoms. The molecule has 0 aromatic heterocycles. The van der Waals surface area contributed by atoms with Crippen molar-refractivity contribution in [2.24, 2.45) is 5.14 Å². The number of nitrogens with two attached hydrogens (primary N) is 1. The van der Waals surface area contributed by atoms with Crippen molar-refractivity contribution >= 4 is 27.5 Å². The van der Waals surface area contributed by atoms with Gasteiger partial charge in [0.1, 0.15) is 0 Å². The lowest BCUT2D eigenvalue weighted by molar-refractivity contribution is -0.128. The van der Waals surface area contributed by atoms with Crippen LogP contribution in [0.1, 0.15) is 28.4 Å². The molecule has 7 nitrogen and oxygen atoms in total. The van der Waals surface area contributed by atoms with E-state index in [4.69, 9.17) is 5.14 Å². The van der Waals surface area contributed by atoms with Gasteiger partial charge in [-0.25, -0.2) is 13.6 Å². The summed E-state index contributed by atoms with van der Waals surface area (Å²) in [7, 11) is -2.24. The summed E-state index contributed by atoms with van der Waals surface area (Å²) in [6.45, 7) is 3.50. The fraction of sp³-hybridized carbons (Fsp3) is 0.222. The Morgan fingerprint density at radius 1 is 1.15 bits per heavy atom. The number of aryl methyl sites for hydroxylation is 1. The molecule has 0 fully saturated rings. The SMILES string of the molecule is CC(=O)N(C)Cc1ccccc1NC(=O)c1cc(S(N)(=O)=O)ccc1C. The van der Waals surface area contributed by atoms with Gasteiger partial charge >= 0.3 is 0 Å². The van der Waals surface area contributed by atoms with Crippen LogP contribution in [0.3, 0.4) is 0 Å². The first-order valence-corrected chi connectivity index (χ1v) is 9.38. The first-order chi connectivity index (χ1) is 12.1. The van der Waals surface area contributed by atoms with E-state index in [-0.39, 0.29) is 16.4 Å². The second-order valence-corrected chi connectivity index (χ2v) is 7.57. The zero-order chi connectivity index (χ0) is 19.5. The molecule has 0 saturated heterocycles. The Hall–Kier alpha value is -2.71. The van der Waals surface area contributed by atoms with Crippen molar-refractivity contribution in [3.05, 3.63) is 59.2 Å². The fourth-order valence-electron chi connectivity index (χ4n) is 2.36. The quantitative estimate of drug-likeness (QED) is 0.831. The Morgan fingerprint density at radius 2 is 1.81 bits per heavy atom. The summed E-state index contributed by atoms with van der Waals surface area (Å²) < 4.78 is 23.1. The van der Waals surface area contributed by atoms with Crippen LogP contribution in [0.4, 0.5) is 5.69 Å². The van der Waals surface area contributed by atoms with Crippen LogP contribution < -0.4 is 10.5 Å².